The van der Waals surface area contributed by atoms with Crippen LogP contribution in [-0.2, 0) is 28.4 Å². The van der Waals surface area contributed by atoms with Gasteiger partial charge in [0.15, 0.2) is 28.2 Å². The van der Waals surface area contributed by atoms with Crippen molar-refractivity contribution in [2.75, 3.05) is 11.4 Å². The van der Waals surface area contributed by atoms with Crippen LogP contribution in [0.3, 0.4) is 0 Å². The van der Waals surface area contributed by atoms with Crippen molar-refractivity contribution in [1.82, 2.24) is 19.1 Å². The fourth-order valence-electron chi connectivity index (χ4n) is 6.13. The van der Waals surface area contributed by atoms with Gasteiger partial charge in [0, 0.05) is 30.9 Å². The molecule has 1 aliphatic heterocycles. The molecule has 0 radical (unpaired) electrons. The summed E-state index contributed by atoms with van der Waals surface area (Å²) in [6.45, 7) is -0.546. The van der Waals surface area contributed by atoms with E-state index in [0.29, 0.717) is 26.7 Å². The fraction of sp³-hybridized carbons (Fsp3) is 0.355. The lowest BCUT2D eigenvalue weighted by Crippen LogP contribution is -2.59. The molecule has 46 heavy (non-hydrogen) atoms. The monoisotopic (exact) mass is 661 g/mol. The van der Waals surface area contributed by atoms with Gasteiger partial charge < -0.3 is 4.90 Å². The molecular formula is C31H28F5N5O4S. The van der Waals surface area contributed by atoms with Crippen LogP contribution < -0.4 is 10.5 Å². The van der Waals surface area contributed by atoms with Gasteiger partial charge in [-0.3, -0.25) is 14.6 Å². The molecule has 0 spiro atoms. The molecule has 1 saturated carbocycles. The number of carbonyl (C=O) groups is 1. The summed E-state index contributed by atoms with van der Waals surface area (Å²) in [7, 11) is -3.88. The Morgan fingerprint density at radius 3 is 2.26 bits per heavy atom. The van der Waals surface area contributed by atoms with Crippen LogP contribution >= 0.6 is 0 Å². The van der Waals surface area contributed by atoms with Crippen LogP contribution in [0.15, 0.2) is 52.4 Å². The Labute approximate surface area is 260 Å². The first-order valence-electron chi connectivity index (χ1n) is 14.7. The largest absolute Gasteiger partial charge is 0.305 e. The van der Waals surface area contributed by atoms with Crippen LogP contribution in [0.25, 0.3) is 10.8 Å². The molecule has 4 aromatic rings. The molecule has 2 fully saturated rings. The number of fused-ring (bicyclic) bond motifs is 1. The first kappa shape index (κ1) is 31.7. The number of benzene rings is 2. The Bertz CT molecular complexity index is 2010. The van der Waals surface area contributed by atoms with Gasteiger partial charge in [0.25, 0.3) is 5.56 Å². The van der Waals surface area contributed by atoms with Crippen LogP contribution in [0.1, 0.15) is 55.7 Å². The van der Waals surface area contributed by atoms with E-state index in [9.17, 15) is 40.0 Å². The predicted octanol–water partition coefficient (Wildman–Crippen LogP) is 5.07. The summed E-state index contributed by atoms with van der Waals surface area (Å²) >= 11 is 0. The maximum atomic E-state index is 14.6. The van der Waals surface area contributed by atoms with Gasteiger partial charge in [0.2, 0.25) is 21.7 Å². The van der Waals surface area contributed by atoms with Crippen molar-refractivity contribution in [2.45, 2.75) is 61.9 Å². The number of anilines is 1. The second kappa shape index (κ2) is 12.2. The highest BCUT2D eigenvalue weighted by atomic mass is 32.2. The first-order chi connectivity index (χ1) is 21.9. The summed E-state index contributed by atoms with van der Waals surface area (Å²) < 4.78 is 99.0. The Balaban J connectivity index is 1.39. The number of sulfonamides is 1. The van der Waals surface area contributed by atoms with Gasteiger partial charge in [-0.2, -0.15) is 9.40 Å². The summed E-state index contributed by atoms with van der Waals surface area (Å²) in [6, 6.07) is 6.76. The van der Waals surface area contributed by atoms with E-state index >= 15 is 0 Å². The zero-order valence-electron chi connectivity index (χ0n) is 24.5. The quantitative estimate of drug-likeness (QED) is 0.156. The van der Waals surface area contributed by atoms with E-state index in [1.54, 1.807) is 6.20 Å². The third-order valence-corrected chi connectivity index (χ3v) is 10.7. The molecule has 0 unspecified atom stereocenters. The third kappa shape index (κ3) is 5.44. The number of hydrogen-bond acceptors (Lipinski definition) is 6. The van der Waals surface area contributed by atoms with E-state index in [1.807, 2.05) is 12.1 Å². The van der Waals surface area contributed by atoms with Crippen molar-refractivity contribution in [3.63, 3.8) is 0 Å². The SMILES string of the molecule is Cn1ncc2cc(N(Cc3cc(C4CCCCC4)ccn3)C(=O)[C@H]3CCN3S(=O)(=O)c3c(F)c(F)c(F)c(F)c3F)ccc2c1=O. The Morgan fingerprint density at radius 2 is 1.61 bits per heavy atom. The van der Waals surface area contributed by atoms with Gasteiger partial charge in [-0.05, 0) is 61.1 Å². The maximum Gasteiger partial charge on any atom is 0.274 e. The molecule has 6 rings (SSSR count). The van der Waals surface area contributed by atoms with Crippen molar-refractivity contribution < 1.29 is 35.2 Å². The zero-order chi connectivity index (χ0) is 32.9. The lowest BCUT2D eigenvalue weighted by Gasteiger charge is -2.41. The average molecular weight is 662 g/mol. The number of pyridine rings is 1. The van der Waals surface area contributed by atoms with Crippen molar-refractivity contribution in [2.24, 2.45) is 7.05 Å². The van der Waals surface area contributed by atoms with E-state index < -0.39 is 62.5 Å². The Hall–Kier alpha value is -4.24. The molecule has 2 aliphatic rings. The van der Waals surface area contributed by atoms with Crippen LogP contribution in [-0.4, -0.2) is 46.0 Å². The van der Waals surface area contributed by atoms with Crippen LogP contribution in [0, 0.1) is 29.1 Å². The molecule has 15 heteroatoms. The lowest BCUT2D eigenvalue weighted by atomic mass is 9.84. The van der Waals surface area contributed by atoms with E-state index in [2.05, 4.69) is 10.1 Å². The Morgan fingerprint density at radius 1 is 0.935 bits per heavy atom. The average Bonchev–Trinajstić information content (AvgIpc) is 3.03. The van der Waals surface area contributed by atoms with Crippen LogP contribution in [0.2, 0.25) is 0 Å². The number of amides is 1. The number of rotatable bonds is 7. The fourth-order valence-corrected chi connectivity index (χ4v) is 7.88. The second-order valence-electron chi connectivity index (χ2n) is 11.5. The second-order valence-corrected chi connectivity index (χ2v) is 13.3. The first-order valence-corrected chi connectivity index (χ1v) is 16.1. The molecule has 242 valence electrons. The topological polar surface area (TPSA) is 105 Å². The number of carbonyl (C=O) groups excluding carboxylic acids is 1. The van der Waals surface area contributed by atoms with Gasteiger partial charge in [0.05, 0.1) is 23.8 Å². The normalized spacial score (nSPS) is 17.7. The minimum Gasteiger partial charge on any atom is -0.305 e. The zero-order valence-corrected chi connectivity index (χ0v) is 25.3. The molecule has 2 aromatic carbocycles. The van der Waals surface area contributed by atoms with E-state index in [0.717, 1.165) is 42.3 Å². The summed E-state index contributed by atoms with van der Waals surface area (Å²) in [6.07, 6.45) is 8.31. The minimum atomic E-state index is -5.35. The van der Waals surface area contributed by atoms with E-state index in [4.69, 9.17) is 0 Å². The molecule has 9 nitrogen and oxygen atoms in total. The number of halogens is 5. The standard InChI is InChI=1S/C31H28F5N5O4S/c1-39-30(42)22-8-7-21(14-19(22)15-38-39)40(16-20-13-18(9-11-37-20)17-5-3-2-4-6-17)31(43)23-10-12-41(23)46(44,45)29-27(35)25(33)24(32)26(34)28(29)36/h7-9,11,13-15,17,23H,2-6,10,12,16H2,1H3/t23-/m1/s1. The highest BCUT2D eigenvalue weighted by Gasteiger charge is 2.48. The van der Waals surface area contributed by atoms with Crippen LogP contribution in [0.4, 0.5) is 27.6 Å². The third-order valence-electron chi connectivity index (χ3n) is 8.74. The molecule has 1 aliphatic carbocycles. The number of hydrogen-bond donors (Lipinski definition) is 0. The lowest BCUT2D eigenvalue weighted by molar-refractivity contribution is -0.125. The highest BCUT2D eigenvalue weighted by Crippen LogP contribution is 2.36. The molecule has 1 saturated heterocycles. The van der Waals surface area contributed by atoms with Gasteiger partial charge in [-0.25, -0.2) is 35.1 Å². The summed E-state index contributed by atoms with van der Waals surface area (Å²) in [4.78, 5) is 30.4. The van der Waals surface area contributed by atoms with E-state index in [-0.39, 0.29) is 24.2 Å². The number of aromatic nitrogens is 3. The van der Waals surface area contributed by atoms with Crippen molar-refractivity contribution in [3.8, 4) is 0 Å². The molecule has 1 amide bonds. The smallest absolute Gasteiger partial charge is 0.274 e. The molecular weight excluding hydrogens is 633 g/mol. The van der Waals surface area contributed by atoms with Gasteiger partial charge in [-0.1, -0.05) is 19.3 Å². The summed E-state index contributed by atoms with van der Waals surface area (Å²) in [5, 5.41) is 4.72. The predicted molar refractivity (Wildman–Crippen MR) is 157 cm³/mol. The molecule has 0 bridgehead atoms. The molecule has 0 N–H and O–H groups in total. The Kier molecular flexibility index (Phi) is 8.40. The van der Waals surface area contributed by atoms with Crippen molar-refractivity contribution in [3.05, 3.63) is 93.4 Å². The molecule has 1 atom stereocenters. The number of aryl methyl sites for hydroxylation is 1. The summed E-state index contributed by atoms with van der Waals surface area (Å²) in [5.74, 6) is -12.9. The minimum absolute atomic E-state index is 0.0881. The van der Waals surface area contributed by atoms with Gasteiger partial charge in [0.1, 0.15) is 6.04 Å². The molecule has 3 heterocycles. The van der Waals surface area contributed by atoms with Crippen molar-refractivity contribution in [1.29, 1.82) is 0 Å². The maximum absolute atomic E-state index is 14.6. The van der Waals surface area contributed by atoms with Crippen LogP contribution in [0.5, 0.6) is 0 Å². The highest BCUT2D eigenvalue weighted by molar-refractivity contribution is 7.89. The summed E-state index contributed by atoms with van der Waals surface area (Å²) in [5.41, 5.74) is 1.38. The van der Waals surface area contributed by atoms with Gasteiger partial charge >= 0.3 is 0 Å². The van der Waals surface area contributed by atoms with E-state index in [1.165, 1.54) is 36.3 Å². The van der Waals surface area contributed by atoms with Gasteiger partial charge in [-0.15, -0.1) is 0 Å². The van der Waals surface area contributed by atoms with Crippen molar-refractivity contribution >= 4 is 32.4 Å². The number of nitrogens with zero attached hydrogens (tertiary/aromatic N) is 5. The molecule has 2 aromatic heterocycles.